The fourth-order valence-corrected chi connectivity index (χ4v) is 2.22. The lowest BCUT2D eigenvalue weighted by Crippen LogP contribution is -2.03. The van der Waals surface area contributed by atoms with Crippen LogP contribution in [-0.2, 0) is 11.2 Å². The van der Waals surface area contributed by atoms with Crippen LogP contribution in [-0.4, -0.2) is 23.7 Å². The molecule has 5 heteroatoms. The van der Waals surface area contributed by atoms with Gasteiger partial charge in [-0.15, -0.1) is 11.3 Å². The van der Waals surface area contributed by atoms with Crippen molar-refractivity contribution in [2.24, 2.45) is 0 Å². The van der Waals surface area contributed by atoms with Gasteiger partial charge in [0, 0.05) is 18.4 Å². The van der Waals surface area contributed by atoms with E-state index in [1.807, 2.05) is 6.07 Å². The molecule has 0 spiro atoms. The first kappa shape index (κ1) is 9.36. The zero-order valence-corrected chi connectivity index (χ0v) is 8.56. The smallest absolute Gasteiger partial charge is 0.259 e. The molecule has 0 unspecified atom stereocenters. The van der Waals surface area contributed by atoms with Crippen molar-refractivity contribution in [2.45, 2.75) is 6.42 Å². The van der Waals surface area contributed by atoms with Crippen molar-refractivity contribution in [2.75, 3.05) is 13.7 Å². The number of ether oxygens (including phenoxy) is 1. The van der Waals surface area contributed by atoms with Crippen molar-refractivity contribution in [3.8, 4) is 0 Å². The van der Waals surface area contributed by atoms with E-state index in [9.17, 15) is 4.79 Å². The molecule has 0 atom stereocenters. The van der Waals surface area contributed by atoms with Gasteiger partial charge >= 0.3 is 0 Å². The lowest BCUT2D eigenvalue weighted by atomic mass is 10.3. The number of hydrogen-bond donors (Lipinski definition) is 1. The summed E-state index contributed by atoms with van der Waals surface area (Å²) in [5, 5.41) is 0.670. The van der Waals surface area contributed by atoms with Gasteiger partial charge in [-0.1, -0.05) is 0 Å². The predicted molar refractivity (Wildman–Crippen MR) is 55.8 cm³/mol. The molecule has 14 heavy (non-hydrogen) atoms. The average Bonchev–Trinajstić information content (AvgIpc) is 2.59. The molecule has 2 aromatic heterocycles. The molecule has 0 aliphatic heterocycles. The molecule has 0 aromatic carbocycles. The SMILES string of the molecule is COCCc1cc2c(=O)[nH]cnc2s1. The van der Waals surface area contributed by atoms with Gasteiger partial charge < -0.3 is 9.72 Å². The first-order valence-corrected chi connectivity index (χ1v) is 5.08. The zero-order chi connectivity index (χ0) is 9.97. The quantitative estimate of drug-likeness (QED) is 0.827. The van der Waals surface area contributed by atoms with E-state index in [1.54, 1.807) is 18.4 Å². The van der Waals surface area contributed by atoms with Crippen LogP contribution in [0.4, 0.5) is 0 Å². The number of aromatic nitrogens is 2. The number of nitrogens with zero attached hydrogens (tertiary/aromatic N) is 1. The Morgan fingerprint density at radius 2 is 2.50 bits per heavy atom. The lowest BCUT2D eigenvalue weighted by Gasteiger charge is -1.92. The minimum absolute atomic E-state index is 0.0742. The van der Waals surface area contributed by atoms with E-state index in [-0.39, 0.29) is 5.56 Å². The Labute approximate surface area is 84.6 Å². The van der Waals surface area contributed by atoms with Crippen LogP contribution in [0.15, 0.2) is 17.2 Å². The molecule has 0 fully saturated rings. The van der Waals surface area contributed by atoms with E-state index < -0.39 is 0 Å². The number of nitrogens with one attached hydrogen (secondary N) is 1. The van der Waals surface area contributed by atoms with Gasteiger partial charge in [-0.3, -0.25) is 4.79 Å². The summed E-state index contributed by atoms with van der Waals surface area (Å²) in [6.07, 6.45) is 2.26. The van der Waals surface area contributed by atoms with Crippen molar-refractivity contribution in [1.29, 1.82) is 0 Å². The van der Waals surface area contributed by atoms with Gasteiger partial charge in [0.25, 0.3) is 5.56 Å². The molecule has 0 aliphatic rings. The molecule has 0 saturated carbocycles. The van der Waals surface area contributed by atoms with E-state index in [1.165, 1.54) is 6.33 Å². The Balaban J connectivity index is 2.41. The summed E-state index contributed by atoms with van der Waals surface area (Å²) in [6.45, 7) is 0.671. The number of hydrogen-bond acceptors (Lipinski definition) is 4. The molecule has 0 radical (unpaired) electrons. The molecule has 1 N–H and O–H groups in total. The molecule has 2 aromatic rings. The maximum absolute atomic E-state index is 11.3. The van der Waals surface area contributed by atoms with Gasteiger partial charge in [0.05, 0.1) is 18.3 Å². The average molecular weight is 210 g/mol. The zero-order valence-electron chi connectivity index (χ0n) is 7.74. The third-order valence-electron chi connectivity index (χ3n) is 1.94. The van der Waals surface area contributed by atoms with Gasteiger partial charge in [0.2, 0.25) is 0 Å². The first-order chi connectivity index (χ1) is 6.81. The van der Waals surface area contributed by atoms with Crippen molar-refractivity contribution < 1.29 is 4.74 Å². The molecule has 0 amide bonds. The van der Waals surface area contributed by atoms with Crippen LogP contribution >= 0.6 is 11.3 Å². The first-order valence-electron chi connectivity index (χ1n) is 4.26. The number of fused-ring (bicyclic) bond motifs is 1. The summed E-state index contributed by atoms with van der Waals surface area (Å²) in [5.41, 5.74) is -0.0742. The third kappa shape index (κ3) is 1.69. The summed E-state index contributed by atoms with van der Waals surface area (Å²) in [7, 11) is 1.67. The van der Waals surface area contributed by atoms with Gasteiger partial charge in [-0.05, 0) is 6.07 Å². The number of methoxy groups -OCH3 is 1. The van der Waals surface area contributed by atoms with Gasteiger partial charge in [-0.25, -0.2) is 4.98 Å². The molecular weight excluding hydrogens is 200 g/mol. The standard InChI is InChI=1S/C9H10N2O2S/c1-13-3-2-6-4-7-8(12)10-5-11-9(7)14-6/h4-5H,2-3H2,1H3,(H,10,11,12). The summed E-state index contributed by atoms with van der Waals surface area (Å²) in [4.78, 5) is 19.9. The predicted octanol–water partition coefficient (Wildman–Crippen LogP) is 1.17. The largest absolute Gasteiger partial charge is 0.384 e. The summed E-state index contributed by atoms with van der Waals surface area (Å²) in [5.74, 6) is 0. The maximum atomic E-state index is 11.3. The molecule has 2 heterocycles. The molecule has 0 bridgehead atoms. The Morgan fingerprint density at radius 3 is 3.21 bits per heavy atom. The summed E-state index contributed by atoms with van der Waals surface area (Å²) >= 11 is 1.54. The second kappa shape index (κ2) is 3.89. The molecule has 74 valence electrons. The van der Waals surface area contributed by atoms with Gasteiger partial charge in [0.15, 0.2) is 0 Å². The van der Waals surface area contributed by atoms with Crippen LogP contribution in [0, 0.1) is 0 Å². The fourth-order valence-electron chi connectivity index (χ4n) is 1.24. The van der Waals surface area contributed by atoms with Crippen molar-refractivity contribution in [1.82, 2.24) is 9.97 Å². The number of rotatable bonds is 3. The highest BCUT2D eigenvalue weighted by Gasteiger charge is 2.05. The minimum Gasteiger partial charge on any atom is -0.384 e. The van der Waals surface area contributed by atoms with Crippen LogP contribution in [0.5, 0.6) is 0 Å². The van der Waals surface area contributed by atoms with Crippen LogP contribution in [0.1, 0.15) is 4.88 Å². The summed E-state index contributed by atoms with van der Waals surface area (Å²) in [6, 6.07) is 1.88. The Kier molecular flexibility index (Phi) is 2.60. The van der Waals surface area contributed by atoms with Crippen LogP contribution in [0.2, 0.25) is 0 Å². The minimum atomic E-state index is -0.0742. The third-order valence-corrected chi connectivity index (χ3v) is 3.04. The lowest BCUT2D eigenvalue weighted by molar-refractivity contribution is 0.203. The highest BCUT2D eigenvalue weighted by Crippen LogP contribution is 2.20. The molecule has 2 rings (SSSR count). The normalized spacial score (nSPS) is 10.9. The monoisotopic (exact) mass is 210 g/mol. The molecule has 0 saturated heterocycles. The van der Waals surface area contributed by atoms with Crippen molar-refractivity contribution >= 4 is 21.6 Å². The Morgan fingerprint density at radius 1 is 1.64 bits per heavy atom. The highest BCUT2D eigenvalue weighted by atomic mass is 32.1. The Bertz CT molecular complexity index is 489. The molecular formula is C9H10N2O2S. The number of aromatic amines is 1. The van der Waals surface area contributed by atoms with Gasteiger partial charge in [0.1, 0.15) is 4.83 Å². The van der Waals surface area contributed by atoms with Crippen LogP contribution in [0.25, 0.3) is 10.2 Å². The van der Waals surface area contributed by atoms with E-state index in [2.05, 4.69) is 9.97 Å². The number of thiophene rings is 1. The second-order valence-electron chi connectivity index (χ2n) is 2.91. The van der Waals surface area contributed by atoms with Crippen molar-refractivity contribution in [3.05, 3.63) is 27.6 Å². The number of H-pyrrole nitrogens is 1. The Hall–Kier alpha value is -1.20. The fraction of sp³-hybridized carbons (Fsp3) is 0.333. The van der Waals surface area contributed by atoms with E-state index >= 15 is 0 Å². The molecule has 4 nitrogen and oxygen atoms in total. The van der Waals surface area contributed by atoms with Crippen LogP contribution < -0.4 is 5.56 Å². The highest BCUT2D eigenvalue weighted by molar-refractivity contribution is 7.18. The van der Waals surface area contributed by atoms with Crippen molar-refractivity contribution in [3.63, 3.8) is 0 Å². The summed E-state index contributed by atoms with van der Waals surface area (Å²) < 4.78 is 4.97. The van der Waals surface area contributed by atoms with Crippen LogP contribution in [0.3, 0.4) is 0 Å². The topological polar surface area (TPSA) is 55.0 Å². The van der Waals surface area contributed by atoms with Gasteiger partial charge in [-0.2, -0.15) is 0 Å². The van der Waals surface area contributed by atoms with E-state index in [0.29, 0.717) is 12.0 Å². The van der Waals surface area contributed by atoms with E-state index in [4.69, 9.17) is 4.74 Å². The van der Waals surface area contributed by atoms with E-state index in [0.717, 1.165) is 16.1 Å². The molecule has 0 aliphatic carbocycles. The maximum Gasteiger partial charge on any atom is 0.259 e. The second-order valence-corrected chi connectivity index (χ2v) is 4.02.